The number of aromatic amines is 1. The van der Waals surface area contributed by atoms with Crippen LogP contribution in [0.15, 0.2) is 30.6 Å². The fraction of sp³-hybridized carbons (Fsp3) is 0.438. The number of H-pyrrole nitrogens is 1. The average Bonchev–Trinajstić information content (AvgIpc) is 2.95. The molecule has 5 nitrogen and oxygen atoms in total. The maximum Gasteiger partial charge on any atom is 0.118 e. The van der Waals surface area contributed by atoms with Crippen LogP contribution in [0.4, 0.5) is 0 Å². The molecular formula is C16H22N4O. The number of fused-ring (bicyclic) bond motifs is 1. The Hall–Kier alpha value is -1.85. The highest BCUT2D eigenvalue weighted by Gasteiger charge is 2.20. The van der Waals surface area contributed by atoms with Crippen molar-refractivity contribution >= 4 is 0 Å². The Morgan fingerprint density at radius 1 is 1.33 bits per heavy atom. The van der Waals surface area contributed by atoms with Crippen molar-refractivity contribution in [3.63, 3.8) is 0 Å². The van der Waals surface area contributed by atoms with Crippen LogP contribution in [0.1, 0.15) is 17.0 Å². The lowest BCUT2D eigenvalue weighted by Gasteiger charge is -2.27. The van der Waals surface area contributed by atoms with Gasteiger partial charge in [0.15, 0.2) is 0 Å². The molecule has 1 atom stereocenters. The van der Waals surface area contributed by atoms with Gasteiger partial charge in [0.1, 0.15) is 5.75 Å². The minimum Gasteiger partial charge on any atom is -0.497 e. The number of aromatic nitrogens is 2. The molecule has 1 aliphatic rings. The standard InChI is InChI=1S/C16H22N4O/c1-20(9-12-3-5-14(21-2)6-4-12)10-13-7-15-16(8-17-13)19-11-18-15/h3-6,11,13,17H,7-10H2,1-2H3,(H,18,19). The summed E-state index contributed by atoms with van der Waals surface area (Å²) in [7, 11) is 3.85. The fourth-order valence-electron chi connectivity index (χ4n) is 2.84. The maximum atomic E-state index is 5.19. The van der Waals surface area contributed by atoms with E-state index in [1.807, 2.05) is 12.1 Å². The number of ether oxygens (including phenoxy) is 1. The molecule has 0 saturated heterocycles. The summed E-state index contributed by atoms with van der Waals surface area (Å²) in [5.74, 6) is 0.904. The average molecular weight is 286 g/mol. The van der Waals surface area contributed by atoms with Gasteiger partial charge in [0.25, 0.3) is 0 Å². The van der Waals surface area contributed by atoms with Crippen LogP contribution in [-0.4, -0.2) is 41.6 Å². The van der Waals surface area contributed by atoms with Crippen LogP contribution in [0.2, 0.25) is 0 Å². The van der Waals surface area contributed by atoms with Gasteiger partial charge in [-0.3, -0.25) is 0 Å². The number of methoxy groups -OCH3 is 1. The van der Waals surface area contributed by atoms with Crippen LogP contribution < -0.4 is 10.1 Å². The highest BCUT2D eigenvalue weighted by Crippen LogP contribution is 2.15. The molecule has 0 fully saturated rings. The van der Waals surface area contributed by atoms with Crippen molar-refractivity contribution in [1.82, 2.24) is 20.2 Å². The Balaban J connectivity index is 1.53. The molecule has 5 heteroatoms. The summed E-state index contributed by atoms with van der Waals surface area (Å²) < 4.78 is 5.19. The first-order valence-electron chi connectivity index (χ1n) is 7.30. The third-order valence-corrected chi connectivity index (χ3v) is 3.96. The van der Waals surface area contributed by atoms with E-state index in [-0.39, 0.29) is 0 Å². The normalized spacial score (nSPS) is 17.8. The number of nitrogens with zero attached hydrogens (tertiary/aromatic N) is 2. The Kier molecular flexibility index (Phi) is 4.22. The summed E-state index contributed by atoms with van der Waals surface area (Å²) in [6.07, 6.45) is 2.78. The van der Waals surface area contributed by atoms with Gasteiger partial charge in [-0.2, -0.15) is 0 Å². The van der Waals surface area contributed by atoms with Crippen LogP contribution in [0.3, 0.4) is 0 Å². The van der Waals surface area contributed by atoms with E-state index in [0.29, 0.717) is 6.04 Å². The zero-order valence-corrected chi connectivity index (χ0v) is 12.6. The first-order valence-corrected chi connectivity index (χ1v) is 7.30. The summed E-state index contributed by atoms with van der Waals surface area (Å²) >= 11 is 0. The van der Waals surface area contributed by atoms with E-state index in [0.717, 1.165) is 31.8 Å². The molecule has 2 aromatic rings. The summed E-state index contributed by atoms with van der Waals surface area (Å²) in [4.78, 5) is 9.92. The van der Waals surface area contributed by atoms with E-state index in [9.17, 15) is 0 Å². The molecule has 1 aliphatic heterocycles. The number of imidazole rings is 1. The van der Waals surface area contributed by atoms with E-state index in [4.69, 9.17) is 4.74 Å². The van der Waals surface area contributed by atoms with E-state index in [1.165, 1.54) is 17.0 Å². The van der Waals surface area contributed by atoms with Gasteiger partial charge in [-0.15, -0.1) is 0 Å². The number of hydrogen-bond donors (Lipinski definition) is 2. The third-order valence-electron chi connectivity index (χ3n) is 3.96. The number of likely N-dealkylation sites (N-methyl/N-ethyl adjacent to an activating group) is 1. The molecule has 21 heavy (non-hydrogen) atoms. The number of rotatable bonds is 5. The molecule has 1 unspecified atom stereocenters. The molecule has 0 aliphatic carbocycles. The van der Waals surface area contributed by atoms with Gasteiger partial charge in [0.2, 0.25) is 0 Å². The Bertz CT molecular complexity index is 578. The highest BCUT2D eigenvalue weighted by molar-refractivity contribution is 5.27. The Labute approximate surface area is 125 Å². The molecule has 0 radical (unpaired) electrons. The Morgan fingerprint density at radius 3 is 2.90 bits per heavy atom. The number of benzene rings is 1. The van der Waals surface area contributed by atoms with Crippen LogP contribution in [0, 0.1) is 0 Å². The largest absolute Gasteiger partial charge is 0.497 e. The quantitative estimate of drug-likeness (QED) is 0.876. The monoisotopic (exact) mass is 286 g/mol. The van der Waals surface area contributed by atoms with E-state index >= 15 is 0 Å². The minimum atomic E-state index is 0.462. The topological polar surface area (TPSA) is 53.2 Å². The van der Waals surface area contributed by atoms with Crippen molar-refractivity contribution in [3.8, 4) is 5.75 Å². The lowest BCUT2D eigenvalue weighted by molar-refractivity contribution is 0.272. The predicted octanol–water partition coefficient (Wildman–Crippen LogP) is 1.56. The molecule has 0 saturated carbocycles. The summed E-state index contributed by atoms with van der Waals surface area (Å²) in [6.45, 7) is 2.84. The van der Waals surface area contributed by atoms with Crippen molar-refractivity contribution in [1.29, 1.82) is 0 Å². The molecule has 112 valence electrons. The zero-order chi connectivity index (χ0) is 14.7. The molecule has 2 heterocycles. The van der Waals surface area contributed by atoms with Crippen molar-refractivity contribution in [2.75, 3.05) is 20.7 Å². The van der Waals surface area contributed by atoms with Crippen molar-refractivity contribution in [3.05, 3.63) is 47.5 Å². The van der Waals surface area contributed by atoms with Crippen LogP contribution in [0.25, 0.3) is 0 Å². The first-order chi connectivity index (χ1) is 10.2. The second kappa shape index (κ2) is 6.28. The third kappa shape index (κ3) is 3.43. The van der Waals surface area contributed by atoms with Gasteiger partial charge >= 0.3 is 0 Å². The second-order valence-corrected chi connectivity index (χ2v) is 5.65. The van der Waals surface area contributed by atoms with Gasteiger partial charge in [-0.1, -0.05) is 12.1 Å². The molecule has 1 aromatic carbocycles. The van der Waals surface area contributed by atoms with Gasteiger partial charge in [0.05, 0.1) is 24.8 Å². The van der Waals surface area contributed by atoms with Crippen LogP contribution in [-0.2, 0) is 19.5 Å². The SMILES string of the molecule is COc1ccc(CN(C)CC2Cc3nc[nH]c3CN2)cc1. The van der Waals surface area contributed by atoms with Crippen molar-refractivity contribution in [2.24, 2.45) is 0 Å². The highest BCUT2D eigenvalue weighted by atomic mass is 16.5. The van der Waals surface area contributed by atoms with Gasteiger partial charge in [0, 0.05) is 32.1 Å². The maximum absolute atomic E-state index is 5.19. The lowest BCUT2D eigenvalue weighted by atomic mass is 10.0. The molecular weight excluding hydrogens is 264 g/mol. The summed E-state index contributed by atoms with van der Waals surface area (Å²) in [6, 6.07) is 8.73. The minimum absolute atomic E-state index is 0.462. The molecule has 2 N–H and O–H groups in total. The van der Waals surface area contributed by atoms with Gasteiger partial charge in [-0.25, -0.2) is 4.98 Å². The van der Waals surface area contributed by atoms with E-state index in [1.54, 1.807) is 13.4 Å². The molecule has 0 spiro atoms. The van der Waals surface area contributed by atoms with Gasteiger partial charge in [-0.05, 0) is 24.7 Å². The molecule has 1 aromatic heterocycles. The molecule has 0 amide bonds. The van der Waals surface area contributed by atoms with Crippen molar-refractivity contribution in [2.45, 2.75) is 25.6 Å². The molecule has 3 rings (SSSR count). The fourth-order valence-corrected chi connectivity index (χ4v) is 2.84. The number of nitrogens with one attached hydrogen (secondary N) is 2. The van der Waals surface area contributed by atoms with E-state index < -0.39 is 0 Å². The zero-order valence-electron chi connectivity index (χ0n) is 12.6. The Morgan fingerprint density at radius 2 is 2.14 bits per heavy atom. The van der Waals surface area contributed by atoms with Crippen LogP contribution in [0.5, 0.6) is 5.75 Å². The predicted molar refractivity (Wildman–Crippen MR) is 82.2 cm³/mol. The lowest BCUT2D eigenvalue weighted by Crippen LogP contribution is -2.43. The summed E-state index contributed by atoms with van der Waals surface area (Å²) in [5.41, 5.74) is 3.73. The molecule has 0 bridgehead atoms. The summed E-state index contributed by atoms with van der Waals surface area (Å²) in [5, 5.41) is 3.56. The van der Waals surface area contributed by atoms with Gasteiger partial charge < -0.3 is 19.9 Å². The van der Waals surface area contributed by atoms with E-state index in [2.05, 4.69) is 39.4 Å². The first kappa shape index (κ1) is 14.1. The van der Waals surface area contributed by atoms with Crippen molar-refractivity contribution < 1.29 is 4.74 Å². The number of hydrogen-bond acceptors (Lipinski definition) is 4. The smallest absolute Gasteiger partial charge is 0.118 e. The van der Waals surface area contributed by atoms with Crippen LogP contribution >= 0.6 is 0 Å². The second-order valence-electron chi connectivity index (χ2n) is 5.65.